The molecule has 3 heterocycles. The molecule has 2 atom stereocenters. The Kier molecular flexibility index (Phi) is 10.7. The largest absolute Gasteiger partial charge is 0.401 e. The molecule has 0 radical (unpaired) electrons. The fourth-order valence-corrected chi connectivity index (χ4v) is 5.70. The zero-order chi connectivity index (χ0) is 22.0. The summed E-state index contributed by atoms with van der Waals surface area (Å²) in [5.41, 5.74) is 7.93. The monoisotopic (exact) mass is 454 g/mol. The predicted molar refractivity (Wildman–Crippen MR) is 131 cm³/mol. The zero-order valence-corrected chi connectivity index (χ0v) is 20.6. The third-order valence-electron chi connectivity index (χ3n) is 5.90. The van der Waals surface area contributed by atoms with Gasteiger partial charge in [-0.25, -0.2) is 13.5 Å². The molecule has 0 amide bonds. The van der Waals surface area contributed by atoms with Gasteiger partial charge in [-0.05, 0) is 37.3 Å². The molecule has 1 aromatic heterocycles. The van der Waals surface area contributed by atoms with Crippen LogP contribution in [-0.2, 0) is 22.1 Å². The number of anilines is 1. The van der Waals surface area contributed by atoms with Gasteiger partial charge in [0.1, 0.15) is 21.6 Å². The van der Waals surface area contributed by atoms with Crippen molar-refractivity contribution in [2.75, 3.05) is 51.0 Å². The van der Waals surface area contributed by atoms with Crippen LogP contribution in [0.15, 0.2) is 30.6 Å². The molecule has 0 spiro atoms. The van der Waals surface area contributed by atoms with Crippen molar-refractivity contribution in [1.29, 1.82) is 0 Å². The molecule has 2 aliphatic rings. The second-order valence-electron chi connectivity index (χ2n) is 7.78. The molecule has 6 nitrogen and oxygen atoms in total. The minimum Gasteiger partial charge on any atom is -0.401 e. The summed E-state index contributed by atoms with van der Waals surface area (Å²) in [7, 11) is 1.24. The van der Waals surface area contributed by atoms with Crippen LogP contribution in [0, 0.1) is 0 Å². The van der Waals surface area contributed by atoms with Crippen molar-refractivity contribution in [3.63, 3.8) is 0 Å². The van der Waals surface area contributed by atoms with E-state index in [0.29, 0.717) is 31.8 Å². The van der Waals surface area contributed by atoms with Gasteiger partial charge in [-0.1, -0.05) is 39.1 Å². The lowest BCUT2D eigenvalue weighted by molar-refractivity contribution is 0.0822. The van der Waals surface area contributed by atoms with Crippen LogP contribution in [-0.4, -0.2) is 64.3 Å². The lowest BCUT2D eigenvalue weighted by Gasteiger charge is -2.42. The lowest BCUT2D eigenvalue weighted by atomic mass is 9.96. The van der Waals surface area contributed by atoms with Crippen LogP contribution in [0.2, 0.25) is 0 Å². The number of nitrogens with two attached hydrogens (primary N) is 1. The van der Waals surface area contributed by atoms with E-state index in [1.165, 1.54) is 24.8 Å². The molecule has 8 heteroatoms. The highest BCUT2D eigenvalue weighted by atomic mass is 32.2. The second-order valence-corrected chi connectivity index (χ2v) is 9.58. The molecule has 2 saturated heterocycles. The molecule has 2 unspecified atom stereocenters. The van der Waals surface area contributed by atoms with Gasteiger partial charge >= 0.3 is 0 Å². The van der Waals surface area contributed by atoms with Gasteiger partial charge in [0, 0.05) is 51.3 Å². The minimum absolute atomic E-state index is 0.525. The molecule has 0 aliphatic carbocycles. The minimum atomic E-state index is -1.18. The third kappa shape index (κ3) is 6.25. The van der Waals surface area contributed by atoms with Crippen LogP contribution in [0.1, 0.15) is 44.6 Å². The van der Waals surface area contributed by atoms with E-state index in [9.17, 15) is 4.21 Å². The Morgan fingerprint density at radius 3 is 2.43 bits per heavy atom. The molecule has 0 bridgehead atoms. The first-order valence-electron chi connectivity index (χ1n) is 11.0. The molecular weight excluding hydrogens is 415 g/mol. The maximum atomic E-state index is 13.3. The Morgan fingerprint density at radius 1 is 1.23 bits per heavy atom. The first-order valence-corrected chi connectivity index (χ1v) is 13.3. The smallest absolute Gasteiger partial charge is 0.128 e. The highest BCUT2D eigenvalue weighted by Crippen LogP contribution is 2.34. The summed E-state index contributed by atoms with van der Waals surface area (Å²) in [5, 5.41) is 0. The number of ether oxygens (including phenoxy) is 1. The highest BCUT2D eigenvalue weighted by molar-refractivity contribution is 7.84. The number of aromatic nitrogens is 1. The van der Waals surface area contributed by atoms with Crippen LogP contribution in [0.25, 0.3) is 0 Å². The summed E-state index contributed by atoms with van der Waals surface area (Å²) in [5.74, 6) is 1.01. The molecular formula is C22H39N4O2PS. The summed E-state index contributed by atoms with van der Waals surface area (Å²) < 4.78 is 20.3. The number of rotatable bonds is 8. The Hall–Kier alpha value is -1.01. The van der Waals surface area contributed by atoms with Gasteiger partial charge in [-0.15, -0.1) is 9.24 Å². The van der Waals surface area contributed by atoms with E-state index in [-0.39, 0.29) is 0 Å². The normalized spacial score (nSPS) is 20.2. The molecule has 2 fully saturated rings. The first kappa shape index (κ1) is 25.3. The van der Waals surface area contributed by atoms with Crippen LogP contribution in [0.4, 0.5) is 5.82 Å². The molecule has 2 N–H and O–H groups in total. The lowest BCUT2D eigenvalue weighted by Crippen LogP contribution is -2.55. The van der Waals surface area contributed by atoms with Crippen molar-refractivity contribution in [3.8, 4) is 0 Å². The van der Waals surface area contributed by atoms with Gasteiger partial charge < -0.3 is 15.4 Å². The Labute approximate surface area is 187 Å². The fraction of sp³-hybridized carbons (Fsp3) is 0.682. The number of pyridine rings is 1. The van der Waals surface area contributed by atoms with Crippen molar-refractivity contribution < 1.29 is 8.95 Å². The maximum absolute atomic E-state index is 13.3. The van der Waals surface area contributed by atoms with Gasteiger partial charge in [0.15, 0.2) is 0 Å². The third-order valence-corrected chi connectivity index (χ3v) is 8.07. The molecule has 3 rings (SSSR count). The average molecular weight is 455 g/mol. The van der Waals surface area contributed by atoms with Crippen molar-refractivity contribution >= 4 is 26.0 Å². The van der Waals surface area contributed by atoms with E-state index >= 15 is 0 Å². The molecule has 0 aromatic carbocycles. The van der Waals surface area contributed by atoms with Gasteiger partial charge in [-0.3, -0.25) is 0 Å². The molecule has 30 heavy (non-hydrogen) atoms. The van der Waals surface area contributed by atoms with Crippen LogP contribution >= 0.6 is 9.24 Å². The molecule has 0 saturated carbocycles. The summed E-state index contributed by atoms with van der Waals surface area (Å²) in [6, 6.07) is 4.31. The van der Waals surface area contributed by atoms with Crippen molar-refractivity contribution in [2.45, 2.75) is 50.2 Å². The molecule has 1 aromatic rings. The summed E-state index contributed by atoms with van der Waals surface area (Å²) in [6.45, 7) is 12.4. The molecule has 170 valence electrons. The maximum Gasteiger partial charge on any atom is 0.128 e. The van der Waals surface area contributed by atoms with Gasteiger partial charge in [0.25, 0.3) is 0 Å². The fourth-order valence-electron chi connectivity index (χ4n) is 3.97. The number of hydrogen-bond donors (Lipinski definition) is 1. The van der Waals surface area contributed by atoms with E-state index in [4.69, 9.17) is 10.5 Å². The van der Waals surface area contributed by atoms with Crippen molar-refractivity contribution in [3.05, 3.63) is 36.2 Å². The van der Waals surface area contributed by atoms with Crippen molar-refractivity contribution in [1.82, 2.24) is 9.29 Å². The van der Waals surface area contributed by atoms with E-state index in [1.54, 1.807) is 0 Å². The van der Waals surface area contributed by atoms with Gasteiger partial charge in [0.2, 0.25) is 0 Å². The number of hydrogen-bond acceptors (Lipinski definition) is 5. The number of nitrogens with zero attached hydrogens (tertiary/aromatic N) is 3. The van der Waals surface area contributed by atoms with E-state index in [0.717, 1.165) is 38.4 Å². The Balaban J connectivity index is 0.00000155. The number of unbranched alkanes of at least 4 members (excludes halogenated alkanes) is 2. The van der Waals surface area contributed by atoms with Gasteiger partial charge in [-0.2, -0.15) is 0 Å². The van der Waals surface area contributed by atoms with E-state index < -0.39 is 15.7 Å². The number of aryl methyl sites for hydroxylation is 1. The van der Waals surface area contributed by atoms with Crippen LogP contribution < -0.4 is 10.6 Å². The van der Waals surface area contributed by atoms with Crippen LogP contribution in [0.3, 0.4) is 0 Å². The highest BCUT2D eigenvalue weighted by Gasteiger charge is 2.43. The topological polar surface area (TPSA) is 71.7 Å². The first-order chi connectivity index (χ1) is 14.6. The standard InChI is InChI=1S/C21H34N4O2S.CH5P/c1-3-4-5-6-19-7-8-20(23-17-19)24-11-13-25(14-12-24)28(26)21(18(2)22)9-15-27-16-10-21;1-2/h7-8,17H,2-6,9-16,22H2,1H3;2H2,1H3. The summed E-state index contributed by atoms with van der Waals surface area (Å²) >= 11 is 0. The van der Waals surface area contributed by atoms with E-state index in [2.05, 4.69) is 49.1 Å². The van der Waals surface area contributed by atoms with E-state index in [1.807, 2.05) is 12.9 Å². The predicted octanol–water partition coefficient (Wildman–Crippen LogP) is 3.11. The van der Waals surface area contributed by atoms with Crippen molar-refractivity contribution in [2.24, 2.45) is 5.73 Å². The number of piperazine rings is 1. The average Bonchev–Trinajstić information content (AvgIpc) is 2.81. The quantitative estimate of drug-likeness (QED) is 0.483. The Bertz CT molecular complexity index is 672. The SMILES string of the molecule is C=C(N)C1(S(=O)N2CCN(c3ccc(CCCCC)cn3)CC2)CCOCC1.CP. The zero-order valence-electron chi connectivity index (χ0n) is 18.6. The molecule has 2 aliphatic heterocycles. The summed E-state index contributed by atoms with van der Waals surface area (Å²) in [4.78, 5) is 6.94. The Morgan fingerprint density at radius 2 is 1.90 bits per heavy atom. The second kappa shape index (κ2) is 12.7. The summed E-state index contributed by atoms with van der Waals surface area (Å²) in [6.07, 6.45) is 8.19. The van der Waals surface area contributed by atoms with Gasteiger partial charge in [0.05, 0.1) is 0 Å². The van der Waals surface area contributed by atoms with Crippen LogP contribution in [0.5, 0.6) is 0 Å².